The Morgan fingerprint density at radius 1 is 1.10 bits per heavy atom. The summed E-state index contributed by atoms with van der Waals surface area (Å²) in [6.07, 6.45) is 0.243. The zero-order valence-corrected chi connectivity index (χ0v) is 17.5. The van der Waals surface area contributed by atoms with Gasteiger partial charge in [0.25, 0.3) is 0 Å². The number of fused-ring (bicyclic) bond motifs is 1. The van der Waals surface area contributed by atoms with E-state index in [2.05, 4.69) is 25.9 Å². The molecule has 3 atom stereocenters. The lowest BCUT2D eigenvalue weighted by molar-refractivity contribution is -0.128. The van der Waals surface area contributed by atoms with Crippen LogP contribution in [-0.4, -0.2) is 34.8 Å². The monoisotopic (exact) mass is 405 g/mol. The van der Waals surface area contributed by atoms with Crippen LogP contribution in [0.1, 0.15) is 25.1 Å². The zero-order valence-electron chi connectivity index (χ0n) is 17.5. The molecule has 0 radical (unpaired) electrons. The van der Waals surface area contributed by atoms with E-state index in [4.69, 9.17) is 4.74 Å². The molecule has 7 heteroatoms. The SMILES string of the molecule is CCOc1cccc2c(C)nc(NC3NC(=O)C(Cc4ccccc4)C(C)N3)nc12. The van der Waals surface area contributed by atoms with E-state index in [1.165, 1.54) is 0 Å². The third kappa shape index (κ3) is 4.21. The summed E-state index contributed by atoms with van der Waals surface area (Å²) in [5.74, 6) is 1.03. The third-order valence-corrected chi connectivity index (χ3v) is 5.41. The normalized spacial score (nSPS) is 21.3. The summed E-state index contributed by atoms with van der Waals surface area (Å²) in [4.78, 5) is 22.0. The van der Waals surface area contributed by atoms with Gasteiger partial charge in [0.1, 0.15) is 11.3 Å². The lowest BCUT2D eigenvalue weighted by Crippen LogP contribution is -2.63. The highest BCUT2D eigenvalue weighted by Crippen LogP contribution is 2.27. The number of carbonyl (C=O) groups excluding carboxylic acids is 1. The van der Waals surface area contributed by atoms with Crippen molar-refractivity contribution < 1.29 is 9.53 Å². The van der Waals surface area contributed by atoms with E-state index >= 15 is 0 Å². The Balaban J connectivity index is 1.50. The summed E-state index contributed by atoms with van der Waals surface area (Å²) in [5.41, 5.74) is 2.75. The molecule has 3 unspecified atom stereocenters. The van der Waals surface area contributed by atoms with Gasteiger partial charge in [0.2, 0.25) is 11.9 Å². The largest absolute Gasteiger partial charge is 0.492 e. The van der Waals surface area contributed by atoms with Crippen LogP contribution in [0.4, 0.5) is 5.95 Å². The molecular weight excluding hydrogens is 378 g/mol. The van der Waals surface area contributed by atoms with E-state index in [0.717, 1.165) is 27.9 Å². The first-order valence-corrected chi connectivity index (χ1v) is 10.3. The van der Waals surface area contributed by atoms with Crippen LogP contribution in [0.25, 0.3) is 10.9 Å². The van der Waals surface area contributed by atoms with Crippen molar-refractivity contribution in [3.63, 3.8) is 0 Å². The number of hydrogen-bond donors (Lipinski definition) is 3. The van der Waals surface area contributed by atoms with Crippen molar-refractivity contribution in [3.8, 4) is 5.75 Å². The van der Waals surface area contributed by atoms with Gasteiger partial charge in [-0.15, -0.1) is 0 Å². The van der Waals surface area contributed by atoms with Crippen LogP contribution in [0.2, 0.25) is 0 Å². The van der Waals surface area contributed by atoms with Crippen molar-refractivity contribution in [2.75, 3.05) is 11.9 Å². The molecule has 1 aliphatic heterocycles. The van der Waals surface area contributed by atoms with Gasteiger partial charge in [-0.25, -0.2) is 9.97 Å². The second-order valence-electron chi connectivity index (χ2n) is 7.56. The average molecular weight is 406 g/mol. The lowest BCUT2D eigenvalue weighted by atomic mass is 9.91. The first-order chi connectivity index (χ1) is 14.5. The molecule has 2 aromatic carbocycles. The predicted octanol–water partition coefficient (Wildman–Crippen LogP) is 3.00. The van der Waals surface area contributed by atoms with Gasteiger partial charge < -0.3 is 15.4 Å². The molecule has 0 spiro atoms. The molecule has 4 rings (SSSR count). The molecule has 3 N–H and O–H groups in total. The van der Waals surface area contributed by atoms with Crippen LogP contribution in [-0.2, 0) is 11.2 Å². The number of nitrogens with zero attached hydrogens (tertiary/aromatic N) is 2. The van der Waals surface area contributed by atoms with Crippen molar-refractivity contribution in [1.29, 1.82) is 0 Å². The second-order valence-corrected chi connectivity index (χ2v) is 7.56. The molecule has 1 aliphatic rings. The van der Waals surface area contributed by atoms with Gasteiger partial charge in [-0.05, 0) is 38.8 Å². The fourth-order valence-electron chi connectivity index (χ4n) is 3.86. The van der Waals surface area contributed by atoms with E-state index < -0.39 is 6.29 Å². The highest BCUT2D eigenvalue weighted by Gasteiger charge is 2.33. The Hall–Kier alpha value is -3.19. The average Bonchev–Trinajstić information content (AvgIpc) is 2.72. The summed E-state index contributed by atoms with van der Waals surface area (Å²) < 4.78 is 5.72. The lowest BCUT2D eigenvalue weighted by Gasteiger charge is -2.36. The number of benzene rings is 2. The van der Waals surface area contributed by atoms with E-state index in [0.29, 0.717) is 19.0 Å². The first kappa shape index (κ1) is 20.1. The van der Waals surface area contributed by atoms with Gasteiger partial charge in [0.05, 0.1) is 18.2 Å². The quantitative estimate of drug-likeness (QED) is 0.584. The van der Waals surface area contributed by atoms with Gasteiger partial charge in [-0.1, -0.05) is 42.5 Å². The number of anilines is 1. The number of nitrogens with one attached hydrogen (secondary N) is 3. The molecule has 0 aliphatic carbocycles. The second kappa shape index (κ2) is 8.67. The topological polar surface area (TPSA) is 88.2 Å². The number of rotatable bonds is 6. The first-order valence-electron chi connectivity index (χ1n) is 10.3. The van der Waals surface area contributed by atoms with E-state index in [1.54, 1.807) is 0 Å². The molecule has 7 nitrogen and oxygen atoms in total. The summed E-state index contributed by atoms with van der Waals surface area (Å²) in [5, 5.41) is 10.6. The summed E-state index contributed by atoms with van der Waals surface area (Å²) in [6.45, 7) is 6.48. The summed E-state index contributed by atoms with van der Waals surface area (Å²) in [6, 6.07) is 15.9. The molecule has 1 aromatic heterocycles. The fourth-order valence-corrected chi connectivity index (χ4v) is 3.86. The number of aryl methyl sites for hydroxylation is 1. The third-order valence-electron chi connectivity index (χ3n) is 5.41. The molecule has 1 saturated heterocycles. The van der Waals surface area contributed by atoms with Crippen molar-refractivity contribution >= 4 is 22.8 Å². The van der Waals surface area contributed by atoms with Crippen molar-refractivity contribution in [1.82, 2.24) is 20.6 Å². The predicted molar refractivity (Wildman–Crippen MR) is 117 cm³/mol. The number of ether oxygens (including phenoxy) is 1. The zero-order chi connectivity index (χ0) is 21.1. The Bertz CT molecular complexity index is 1040. The van der Waals surface area contributed by atoms with Gasteiger partial charge in [0.15, 0.2) is 6.29 Å². The molecule has 156 valence electrons. The van der Waals surface area contributed by atoms with Crippen LogP contribution < -0.4 is 20.7 Å². The smallest absolute Gasteiger partial charge is 0.227 e. The molecule has 30 heavy (non-hydrogen) atoms. The highest BCUT2D eigenvalue weighted by atomic mass is 16.5. The van der Waals surface area contributed by atoms with Crippen molar-refractivity contribution in [2.24, 2.45) is 5.92 Å². The van der Waals surface area contributed by atoms with Crippen LogP contribution >= 0.6 is 0 Å². The maximum Gasteiger partial charge on any atom is 0.227 e. The maximum absolute atomic E-state index is 12.8. The molecule has 3 aromatic rings. The fraction of sp³-hybridized carbons (Fsp3) is 0.348. The van der Waals surface area contributed by atoms with Crippen molar-refractivity contribution in [2.45, 2.75) is 39.5 Å². The van der Waals surface area contributed by atoms with Gasteiger partial charge in [-0.2, -0.15) is 0 Å². The van der Waals surface area contributed by atoms with Gasteiger partial charge in [0, 0.05) is 11.4 Å². The standard InChI is InChI=1S/C23H27N5O2/c1-4-30-19-12-8-11-17-14(2)24-22(26-20(17)19)28-23-25-15(3)18(21(29)27-23)13-16-9-6-5-7-10-16/h5-12,15,18,23,25H,4,13H2,1-3H3,(H,27,29)(H,24,26,28). The minimum Gasteiger partial charge on any atom is -0.492 e. The Morgan fingerprint density at radius 2 is 1.90 bits per heavy atom. The van der Waals surface area contributed by atoms with Crippen LogP contribution in [0.5, 0.6) is 5.75 Å². The number of aromatic nitrogens is 2. The molecule has 0 saturated carbocycles. The van der Waals surface area contributed by atoms with Crippen molar-refractivity contribution in [3.05, 3.63) is 59.8 Å². The van der Waals surface area contributed by atoms with Gasteiger partial charge >= 0.3 is 0 Å². The number of hydrogen-bond acceptors (Lipinski definition) is 6. The number of para-hydroxylation sites is 1. The molecular formula is C23H27N5O2. The van der Waals surface area contributed by atoms with Crippen LogP contribution in [0.15, 0.2) is 48.5 Å². The maximum atomic E-state index is 12.8. The van der Waals surface area contributed by atoms with E-state index in [9.17, 15) is 4.79 Å². The van der Waals surface area contributed by atoms with Gasteiger partial charge in [-0.3, -0.25) is 10.1 Å². The molecule has 1 fully saturated rings. The minimum atomic E-state index is -0.448. The molecule has 0 bridgehead atoms. The minimum absolute atomic E-state index is 0.00278. The van der Waals surface area contributed by atoms with E-state index in [-0.39, 0.29) is 17.9 Å². The molecule has 1 amide bonds. The molecule has 2 heterocycles. The Kier molecular flexibility index (Phi) is 5.81. The van der Waals surface area contributed by atoms with Crippen LogP contribution in [0.3, 0.4) is 0 Å². The van der Waals surface area contributed by atoms with Crippen LogP contribution in [0, 0.1) is 12.8 Å². The Labute approximate surface area is 176 Å². The summed E-state index contributed by atoms with van der Waals surface area (Å²) in [7, 11) is 0. The number of amides is 1. The summed E-state index contributed by atoms with van der Waals surface area (Å²) >= 11 is 0. The highest BCUT2D eigenvalue weighted by molar-refractivity contribution is 5.87. The van der Waals surface area contributed by atoms with E-state index in [1.807, 2.05) is 69.3 Å². The Morgan fingerprint density at radius 3 is 2.63 bits per heavy atom. The number of carbonyl (C=O) groups is 1.